The first-order chi connectivity index (χ1) is 9.80. The van der Waals surface area contributed by atoms with E-state index >= 15 is 0 Å². The average molecular weight is 328 g/mol. The van der Waals surface area contributed by atoms with Gasteiger partial charge in [-0.15, -0.1) is 11.3 Å². The van der Waals surface area contributed by atoms with E-state index < -0.39 is 0 Å². The van der Waals surface area contributed by atoms with E-state index in [4.69, 9.17) is 11.6 Å². The number of nitrogens with one attached hydrogen (secondary N) is 1. The molecule has 1 heterocycles. The third-order valence-electron chi connectivity index (χ3n) is 4.78. The molecule has 0 amide bonds. The Balaban J connectivity index is 1.89. The van der Waals surface area contributed by atoms with Gasteiger partial charge in [0.05, 0.1) is 4.34 Å². The zero-order valence-corrected chi connectivity index (χ0v) is 15.6. The van der Waals surface area contributed by atoms with Gasteiger partial charge in [0.1, 0.15) is 0 Å². The molecular formula is C18H30ClNS. The molecule has 1 fully saturated rings. The molecule has 0 bridgehead atoms. The Morgan fingerprint density at radius 1 is 1.24 bits per heavy atom. The van der Waals surface area contributed by atoms with E-state index in [2.05, 4.69) is 39.1 Å². The predicted molar refractivity (Wildman–Crippen MR) is 95.7 cm³/mol. The van der Waals surface area contributed by atoms with E-state index in [1.807, 2.05) is 0 Å². The smallest absolute Gasteiger partial charge is 0.0960 e. The van der Waals surface area contributed by atoms with Crippen molar-refractivity contribution >= 4 is 22.9 Å². The first-order valence-corrected chi connectivity index (χ1v) is 9.49. The van der Waals surface area contributed by atoms with Crippen molar-refractivity contribution in [1.29, 1.82) is 0 Å². The van der Waals surface area contributed by atoms with Crippen LogP contribution in [0.4, 0.5) is 0 Å². The van der Waals surface area contributed by atoms with Gasteiger partial charge in [0.15, 0.2) is 0 Å². The van der Waals surface area contributed by atoms with Crippen molar-refractivity contribution in [1.82, 2.24) is 5.32 Å². The van der Waals surface area contributed by atoms with Gasteiger partial charge in [0, 0.05) is 10.4 Å². The van der Waals surface area contributed by atoms with Gasteiger partial charge in [-0.3, -0.25) is 0 Å². The van der Waals surface area contributed by atoms with Gasteiger partial charge in [-0.1, -0.05) is 24.4 Å². The Labute approximate surface area is 139 Å². The minimum Gasteiger partial charge on any atom is -0.312 e. The molecule has 0 atom stereocenters. The largest absolute Gasteiger partial charge is 0.312 e. The molecule has 0 aliphatic heterocycles. The van der Waals surface area contributed by atoms with Crippen molar-refractivity contribution < 1.29 is 0 Å². The topological polar surface area (TPSA) is 12.0 Å². The number of hydrogen-bond acceptors (Lipinski definition) is 2. The standard InChI is InChI=1S/C18H30ClNS/c1-14-13-15(21-16(14)19)7-10-18(8-5-6-9-18)11-12-20-17(2,3)4/h13,20H,5-12H2,1-4H3. The minimum atomic E-state index is 0.234. The molecule has 21 heavy (non-hydrogen) atoms. The Hall–Kier alpha value is -0.0500. The summed E-state index contributed by atoms with van der Waals surface area (Å²) >= 11 is 7.98. The third kappa shape index (κ3) is 5.26. The van der Waals surface area contributed by atoms with E-state index in [0.717, 1.165) is 10.9 Å². The summed E-state index contributed by atoms with van der Waals surface area (Å²) in [6.45, 7) is 10.0. The number of hydrogen-bond donors (Lipinski definition) is 1. The third-order valence-corrected chi connectivity index (χ3v) is 6.40. The lowest BCUT2D eigenvalue weighted by Crippen LogP contribution is -2.38. The molecule has 1 saturated carbocycles. The van der Waals surface area contributed by atoms with Crippen LogP contribution in [0.1, 0.15) is 69.7 Å². The second-order valence-electron chi connectivity index (χ2n) is 7.80. The summed E-state index contributed by atoms with van der Waals surface area (Å²) < 4.78 is 0.972. The van der Waals surface area contributed by atoms with Crippen LogP contribution in [0.5, 0.6) is 0 Å². The molecule has 0 spiro atoms. The highest BCUT2D eigenvalue weighted by Gasteiger charge is 2.33. The normalized spacial score (nSPS) is 18.3. The van der Waals surface area contributed by atoms with Crippen molar-refractivity contribution in [3.05, 3.63) is 20.8 Å². The molecule has 1 aliphatic carbocycles. The van der Waals surface area contributed by atoms with Gasteiger partial charge in [-0.25, -0.2) is 0 Å². The molecule has 0 saturated heterocycles. The summed E-state index contributed by atoms with van der Waals surface area (Å²) in [5, 5.41) is 3.67. The average Bonchev–Trinajstić information content (AvgIpc) is 2.95. The maximum absolute atomic E-state index is 6.20. The first-order valence-electron chi connectivity index (χ1n) is 8.30. The van der Waals surface area contributed by atoms with Crippen molar-refractivity contribution in [2.24, 2.45) is 5.41 Å². The minimum absolute atomic E-state index is 0.234. The number of aryl methyl sites for hydroxylation is 2. The van der Waals surface area contributed by atoms with Gasteiger partial charge in [0.25, 0.3) is 0 Å². The van der Waals surface area contributed by atoms with E-state index in [-0.39, 0.29) is 5.54 Å². The molecule has 1 aliphatic rings. The highest BCUT2D eigenvalue weighted by molar-refractivity contribution is 7.16. The lowest BCUT2D eigenvalue weighted by molar-refractivity contribution is 0.235. The molecule has 0 radical (unpaired) electrons. The van der Waals surface area contributed by atoms with Crippen molar-refractivity contribution in [2.75, 3.05) is 6.54 Å². The first kappa shape index (κ1) is 17.3. The molecule has 1 nitrogen and oxygen atoms in total. The molecule has 0 unspecified atom stereocenters. The fraction of sp³-hybridized carbons (Fsp3) is 0.778. The van der Waals surface area contributed by atoms with Crippen LogP contribution >= 0.6 is 22.9 Å². The molecule has 2 rings (SSSR count). The second-order valence-corrected chi connectivity index (χ2v) is 9.54. The highest BCUT2D eigenvalue weighted by Crippen LogP contribution is 2.45. The maximum atomic E-state index is 6.20. The van der Waals surface area contributed by atoms with Gasteiger partial charge in [-0.2, -0.15) is 0 Å². The summed E-state index contributed by atoms with van der Waals surface area (Å²) in [6.07, 6.45) is 9.51. The summed E-state index contributed by atoms with van der Waals surface area (Å²) in [4.78, 5) is 1.47. The SMILES string of the molecule is Cc1cc(CCC2(CCNC(C)(C)C)CCCC2)sc1Cl. The second kappa shape index (κ2) is 7.02. The van der Waals surface area contributed by atoms with E-state index in [1.54, 1.807) is 11.3 Å². The zero-order chi connectivity index (χ0) is 15.5. The van der Waals surface area contributed by atoms with Gasteiger partial charge >= 0.3 is 0 Å². The highest BCUT2D eigenvalue weighted by atomic mass is 35.5. The number of halogens is 1. The predicted octanol–water partition coefficient (Wildman–Crippen LogP) is 5.98. The Kier molecular flexibility index (Phi) is 5.78. The molecule has 1 aromatic heterocycles. The van der Waals surface area contributed by atoms with E-state index in [1.165, 1.54) is 55.4 Å². The van der Waals surface area contributed by atoms with Gasteiger partial charge in [0.2, 0.25) is 0 Å². The molecule has 0 aromatic carbocycles. The van der Waals surface area contributed by atoms with Crippen LogP contribution in [0.25, 0.3) is 0 Å². The van der Waals surface area contributed by atoms with Crippen molar-refractivity contribution in [3.8, 4) is 0 Å². The van der Waals surface area contributed by atoms with Crippen LogP contribution < -0.4 is 5.32 Å². The summed E-state index contributed by atoms with van der Waals surface area (Å²) in [6, 6.07) is 2.28. The molecule has 3 heteroatoms. The lowest BCUT2D eigenvalue weighted by Gasteiger charge is -2.31. The van der Waals surface area contributed by atoms with Crippen LogP contribution in [0, 0.1) is 12.3 Å². The summed E-state index contributed by atoms with van der Waals surface area (Å²) in [5.74, 6) is 0. The zero-order valence-electron chi connectivity index (χ0n) is 14.0. The van der Waals surface area contributed by atoms with Crippen LogP contribution in [0.2, 0.25) is 4.34 Å². The van der Waals surface area contributed by atoms with Crippen molar-refractivity contribution in [2.45, 2.75) is 78.2 Å². The van der Waals surface area contributed by atoms with Crippen LogP contribution in [-0.2, 0) is 6.42 Å². The van der Waals surface area contributed by atoms with Crippen LogP contribution in [0.15, 0.2) is 6.07 Å². The molecule has 1 aromatic rings. The van der Waals surface area contributed by atoms with E-state index in [0.29, 0.717) is 5.41 Å². The monoisotopic (exact) mass is 327 g/mol. The summed E-state index contributed by atoms with van der Waals surface area (Å²) in [7, 11) is 0. The Morgan fingerprint density at radius 3 is 2.43 bits per heavy atom. The van der Waals surface area contributed by atoms with Crippen molar-refractivity contribution in [3.63, 3.8) is 0 Å². The number of thiophene rings is 1. The quantitative estimate of drug-likeness (QED) is 0.677. The fourth-order valence-electron chi connectivity index (χ4n) is 3.49. The Bertz CT molecular complexity index is 433. The molecule has 120 valence electrons. The molecule has 1 N–H and O–H groups in total. The summed E-state index contributed by atoms with van der Waals surface area (Å²) in [5.41, 5.74) is 2.05. The number of rotatable bonds is 6. The Morgan fingerprint density at radius 2 is 1.90 bits per heavy atom. The lowest BCUT2D eigenvalue weighted by atomic mass is 9.78. The van der Waals surface area contributed by atoms with Gasteiger partial charge < -0.3 is 5.32 Å². The van der Waals surface area contributed by atoms with Crippen LogP contribution in [-0.4, -0.2) is 12.1 Å². The van der Waals surface area contributed by atoms with Gasteiger partial charge in [-0.05, 0) is 83.4 Å². The van der Waals surface area contributed by atoms with Crippen LogP contribution in [0.3, 0.4) is 0 Å². The molecular weight excluding hydrogens is 298 g/mol. The maximum Gasteiger partial charge on any atom is 0.0960 e. The van der Waals surface area contributed by atoms with E-state index in [9.17, 15) is 0 Å². The fourth-order valence-corrected chi connectivity index (χ4v) is 4.73.